The first-order valence-corrected chi connectivity index (χ1v) is 7.98. The van der Waals surface area contributed by atoms with Crippen LogP contribution in [-0.4, -0.2) is 41.4 Å². The molecule has 1 rings (SSSR count). The zero-order valence-electron chi connectivity index (χ0n) is 11.5. The summed E-state index contributed by atoms with van der Waals surface area (Å²) in [4.78, 5) is 0. The van der Waals surface area contributed by atoms with Gasteiger partial charge in [-0.3, -0.25) is 0 Å². The number of benzene rings is 1. The summed E-state index contributed by atoms with van der Waals surface area (Å²) >= 11 is 0. The summed E-state index contributed by atoms with van der Waals surface area (Å²) in [5.74, 6) is 0.941. The van der Waals surface area contributed by atoms with Crippen molar-refractivity contribution in [3.63, 3.8) is 0 Å². The average Bonchev–Trinajstić information content (AvgIpc) is 2.39. The fourth-order valence-electron chi connectivity index (χ4n) is 1.76. The molecule has 19 heavy (non-hydrogen) atoms. The predicted molar refractivity (Wildman–Crippen MR) is 77.0 cm³/mol. The molecule has 0 radical (unpaired) electrons. The second kappa shape index (κ2) is 8.14. The van der Waals surface area contributed by atoms with Gasteiger partial charge in [0.15, 0.2) is 0 Å². The molecular weight excluding hydrogens is 264 g/mol. The smallest absolute Gasteiger partial charge is 0.211 e. The van der Waals surface area contributed by atoms with Crippen LogP contribution in [0.25, 0.3) is 0 Å². The molecule has 0 spiro atoms. The van der Waals surface area contributed by atoms with E-state index in [1.54, 1.807) is 7.11 Å². The lowest BCUT2D eigenvalue weighted by molar-refractivity contribution is 0.409. The van der Waals surface area contributed by atoms with Crippen LogP contribution in [0.15, 0.2) is 24.3 Å². The van der Waals surface area contributed by atoms with Crippen molar-refractivity contribution >= 4 is 10.0 Å². The second-order valence-electron chi connectivity index (χ2n) is 4.23. The Balaban J connectivity index is 2.41. The van der Waals surface area contributed by atoms with E-state index in [4.69, 9.17) is 4.74 Å². The van der Waals surface area contributed by atoms with Gasteiger partial charge in [-0.1, -0.05) is 18.2 Å². The van der Waals surface area contributed by atoms with E-state index in [-0.39, 0.29) is 5.75 Å². The van der Waals surface area contributed by atoms with Gasteiger partial charge in [0.1, 0.15) is 5.75 Å². The number of methoxy groups -OCH3 is 1. The first-order valence-electron chi connectivity index (χ1n) is 6.33. The number of para-hydroxylation sites is 1. The van der Waals surface area contributed by atoms with Crippen LogP contribution < -0.4 is 14.8 Å². The van der Waals surface area contributed by atoms with Gasteiger partial charge >= 0.3 is 0 Å². The van der Waals surface area contributed by atoms with Crippen molar-refractivity contribution in [1.82, 2.24) is 10.0 Å². The summed E-state index contributed by atoms with van der Waals surface area (Å²) in [6, 6.07) is 7.62. The van der Waals surface area contributed by atoms with Gasteiger partial charge in [0, 0.05) is 6.54 Å². The van der Waals surface area contributed by atoms with Gasteiger partial charge in [-0.25, -0.2) is 13.1 Å². The third-order valence-corrected chi connectivity index (χ3v) is 4.22. The standard InChI is InChI=1S/C13H22N2O3S/c1-14-9-5-11-19(16,17)15-10-8-12-6-3-4-7-13(12)18-2/h3-4,6-7,14-15H,5,8-11H2,1-2H3. The molecule has 1 aromatic rings. The zero-order chi connectivity index (χ0) is 14.1. The molecule has 0 aliphatic rings. The molecule has 0 atom stereocenters. The van der Waals surface area contributed by atoms with Crippen LogP contribution >= 0.6 is 0 Å². The van der Waals surface area contributed by atoms with Gasteiger partial charge in [0.05, 0.1) is 12.9 Å². The molecule has 0 unspecified atom stereocenters. The number of hydrogen-bond acceptors (Lipinski definition) is 4. The van der Waals surface area contributed by atoms with Gasteiger partial charge in [0.25, 0.3) is 0 Å². The number of nitrogens with one attached hydrogen (secondary N) is 2. The number of hydrogen-bond donors (Lipinski definition) is 2. The van der Waals surface area contributed by atoms with Crippen molar-refractivity contribution in [2.24, 2.45) is 0 Å². The third kappa shape index (κ3) is 6.04. The molecule has 6 heteroatoms. The highest BCUT2D eigenvalue weighted by Crippen LogP contribution is 2.17. The summed E-state index contributed by atoms with van der Waals surface area (Å²) in [7, 11) is 0.245. The number of sulfonamides is 1. The molecule has 0 aliphatic heterocycles. The molecule has 0 bridgehead atoms. The fraction of sp³-hybridized carbons (Fsp3) is 0.538. The Hall–Kier alpha value is -1.11. The van der Waals surface area contributed by atoms with Crippen molar-refractivity contribution < 1.29 is 13.2 Å². The minimum absolute atomic E-state index is 0.153. The largest absolute Gasteiger partial charge is 0.496 e. The van der Waals surface area contributed by atoms with Crippen molar-refractivity contribution in [1.29, 1.82) is 0 Å². The molecule has 5 nitrogen and oxygen atoms in total. The molecule has 1 aromatic carbocycles. The third-order valence-electron chi connectivity index (χ3n) is 2.75. The van der Waals surface area contributed by atoms with Crippen LogP contribution in [0.5, 0.6) is 5.75 Å². The van der Waals surface area contributed by atoms with E-state index >= 15 is 0 Å². The number of rotatable bonds is 9. The van der Waals surface area contributed by atoms with Crippen LogP contribution in [0.1, 0.15) is 12.0 Å². The molecule has 0 amide bonds. The SMILES string of the molecule is CNCCCS(=O)(=O)NCCc1ccccc1OC. The summed E-state index contributed by atoms with van der Waals surface area (Å²) in [5, 5.41) is 2.93. The maximum Gasteiger partial charge on any atom is 0.211 e. The van der Waals surface area contributed by atoms with E-state index in [0.717, 1.165) is 11.3 Å². The first kappa shape index (κ1) is 15.9. The van der Waals surface area contributed by atoms with Gasteiger partial charge in [-0.05, 0) is 38.1 Å². The Bertz CT molecular complexity index is 475. The maximum atomic E-state index is 11.7. The Morgan fingerprint density at radius 3 is 2.63 bits per heavy atom. The lowest BCUT2D eigenvalue weighted by Crippen LogP contribution is -2.29. The van der Waals surface area contributed by atoms with E-state index in [1.807, 2.05) is 31.3 Å². The highest BCUT2D eigenvalue weighted by Gasteiger charge is 2.09. The molecule has 0 saturated carbocycles. The monoisotopic (exact) mass is 286 g/mol. The fourth-order valence-corrected chi connectivity index (χ4v) is 2.84. The summed E-state index contributed by atoms with van der Waals surface area (Å²) in [5.41, 5.74) is 1.00. The van der Waals surface area contributed by atoms with Crippen molar-refractivity contribution in [2.45, 2.75) is 12.8 Å². The summed E-state index contributed by atoms with van der Waals surface area (Å²) in [6.07, 6.45) is 1.23. The van der Waals surface area contributed by atoms with Gasteiger partial charge in [-0.15, -0.1) is 0 Å². The summed E-state index contributed by atoms with van der Waals surface area (Å²) < 4.78 is 31.2. The molecule has 2 N–H and O–H groups in total. The molecule has 0 aromatic heterocycles. The zero-order valence-corrected chi connectivity index (χ0v) is 12.3. The maximum absolute atomic E-state index is 11.7. The molecular formula is C13H22N2O3S. The highest BCUT2D eigenvalue weighted by atomic mass is 32.2. The lowest BCUT2D eigenvalue weighted by atomic mass is 10.1. The van der Waals surface area contributed by atoms with Crippen molar-refractivity contribution in [3.05, 3.63) is 29.8 Å². The van der Waals surface area contributed by atoms with E-state index in [1.165, 1.54) is 0 Å². The van der Waals surface area contributed by atoms with Crippen LogP contribution in [-0.2, 0) is 16.4 Å². The molecule has 0 aliphatic carbocycles. The van der Waals surface area contributed by atoms with E-state index in [2.05, 4.69) is 10.0 Å². The quantitative estimate of drug-likeness (QED) is 0.658. The average molecular weight is 286 g/mol. The van der Waals surface area contributed by atoms with Gasteiger partial charge in [-0.2, -0.15) is 0 Å². The molecule has 0 saturated heterocycles. The van der Waals surface area contributed by atoms with Crippen LogP contribution in [0.3, 0.4) is 0 Å². The second-order valence-corrected chi connectivity index (χ2v) is 6.16. The minimum Gasteiger partial charge on any atom is -0.496 e. The van der Waals surface area contributed by atoms with Crippen LogP contribution in [0.2, 0.25) is 0 Å². The lowest BCUT2D eigenvalue weighted by Gasteiger charge is -2.09. The Morgan fingerprint density at radius 2 is 1.95 bits per heavy atom. The first-order chi connectivity index (χ1) is 9.09. The Labute approximate surface area is 115 Å². The molecule has 0 fully saturated rings. The van der Waals surface area contributed by atoms with Gasteiger partial charge < -0.3 is 10.1 Å². The number of ether oxygens (including phenoxy) is 1. The predicted octanol–water partition coefficient (Wildman–Crippen LogP) is 0.767. The molecule has 108 valence electrons. The minimum atomic E-state index is -3.17. The van der Waals surface area contributed by atoms with E-state index in [9.17, 15) is 8.42 Å². The van der Waals surface area contributed by atoms with Crippen molar-refractivity contribution in [3.8, 4) is 5.75 Å². The van der Waals surface area contributed by atoms with Crippen molar-refractivity contribution in [2.75, 3.05) is 33.0 Å². The van der Waals surface area contributed by atoms with E-state index < -0.39 is 10.0 Å². The van der Waals surface area contributed by atoms with Crippen LogP contribution in [0.4, 0.5) is 0 Å². The molecule has 0 heterocycles. The normalized spacial score (nSPS) is 11.5. The Morgan fingerprint density at radius 1 is 1.21 bits per heavy atom. The topological polar surface area (TPSA) is 67.4 Å². The Kier molecular flexibility index (Phi) is 6.83. The van der Waals surface area contributed by atoms with E-state index in [0.29, 0.717) is 25.9 Å². The van der Waals surface area contributed by atoms with Crippen LogP contribution in [0, 0.1) is 0 Å². The van der Waals surface area contributed by atoms with Gasteiger partial charge in [0.2, 0.25) is 10.0 Å². The summed E-state index contributed by atoms with van der Waals surface area (Å²) in [6.45, 7) is 1.09. The highest BCUT2D eigenvalue weighted by molar-refractivity contribution is 7.89.